The van der Waals surface area contributed by atoms with Gasteiger partial charge in [-0.15, -0.1) is 0 Å². The van der Waals surface area contributed by atoms with E-state index >= 15 is 0 Å². The summed E-state index contributed by atoms with van der Waals surface area (Å²) < 4.78 is 0. The van der Waals surface area contributed by atoms with E-state index < -0.39 is 6.04 Å². The van der Waals surface area contributed by atoms with Crippen LogP contribution in [0.15, 0.2) is 18.2 Å². The molecule has 4 rings (SSSR count). The third-order valence-electron chi connectivity index (χ3n) is 5.87. The molecule has 1 saturated carbocycles. The highest BCUT2D eigenvalue weighted by Crippen LogP contribution is 2.31. The number of hydrogen-bond acceptors (Lipinski definition) is 5. The zero-order chi connectivity index (χ0) is 18.4. The van der Waals surface area contributed by atoms with Gasteiger partial charge in [0, 0.05) is 37.2 Å². The van der Waals surface area contributed by atoms with Crippen LogP contribution in [0.3, 0.4) is 0 Å². The molecule has 1 unspecified atom stereocenters. The second-order valence-corrected chi connectivity index (χ2v) is 7.64. The molecule has 2 fully saturated rings. The highest BCUT2D eigenvalue weighted by atomic mass is 16.2. The van der Waals surface area contributed by atoms with Gasteiger partial charge >= 0.3 is 0 Å². The number of carbonyl (C=O) groups is 3. The van der Waals surface area contributed by atoms with E-state index in [4.69, 9.17) is 5.73 Å². The maximum atomic E-state index is 12.8. The first-order valence-electron chi connectivity index (χ1n) is 9.15. The predicted octanol–water partition coefficient (Wildman–Crippen LogP) is 0.369. The molecule has 1 atom stereocenters. The fourth-order valence-corrected chi connectivity index (χ4v) is 4.19. The van der Waals surface area contributed by atoms with Crippen LogP contribution in [-0.2, 0) is 22.7 Å². The van der Waals surface area contributed by atoms with Crippen LogP contribution in [0.25, 0.3) is 0 Å². The Kier molecular flexibility index (Phi) is 4.28. The summed E-state index contributed by atoms with van der Waals surface area (Å²) in [5.74, 6) is -0.759. The molecule has 3 N–H and O–H groups in total. The smallest absolute Gasteiger partial charge is 0.255 e. The number of piperidine rings is 1. The second kappa shape index (κ2) is 6.48. The van der Waals surface area contributed by atoms with Gasteiger partial charge in [0.15, 0.2) is 0 Å². The zero-order valence-corrected chi connectivity index (χ0v) is 14.9. The van der Waals surface area contributed by atoms with Crippen LogP contribution in [0.4, 0.5) is 0 Å². The molecule has 7 nitrogen and oxygen atoms in total. The van der Waals surface area contributed by atoms with Gasteiger partial charge in [-0.05, 0) is 43.5 Å². The van der Waals surface area contributed by atoms with E-state index in [1.807, 2.05) is 12.1 Å². The first-order valence-corrected chi connectivity index (χ1v) is 9.15. The molecule has 1 aromatic rings. The molecule has 2 heterocycles. The average Bonchev–Trinajstić information content (AvgIpc) is 2.90. The van der Waals surface area contributed by atoms with E-state index in [0.717, 1.165) is 30.5 Å². The third-order valence-corrected chi connectivity index (χ3v) is 5.87. The molecule has 1 saturated heterocycles. The molecule has 0 spiro atoms. The molecule has 3 aliphatic rings. The monoisotopic (exact) mass is 356 g/mol. The van der Waals surface area contributed by atoms with E-state index in [9.17, 15) is 14.4 Å². The Morgan fingerprint density at radius 1 is 1.27 bits per heavy atom. The van der Waals surface area contributed by atoms with Crippen molar-refractivity contribution < 1.29 is 14.4 Å². The minimum absolute atomic E-state index is 0.121. The zero-order valence-electron chi connectivity index (χ0n) is 14.9. The number of carbonyl (C=O) groups excluding carboxylic acids is 3. The first-order chi connectivity index (χ1) is 12.4. The number of fused-ring (bicyclic) bond motifs is 1. The van der Waals surface area contributed by atoms with Gasteiger partial charge in [0.2, 0.25) is 11.8 Å². The van der Waals surface area contributed by atoms with Crippen molar-refractivity contribution in [2.24, 2.45) is 5.73 Å². The van der Waals surface area contributed by atoms with E-state index in [0.29, 0.717) is 30.6 Å². The quantitative estimate of drug-likeness (QED) is 0.760. The second-order valence-electron chi connectivity index (χ2n) is 7.64. The number of benzene rings is 1. The van der Waals surface area contributed by atoms with Gasteiger partial charge in [0.25, 0.3) is 5.91 Å². The molecule has 3 amide bonds. The van der Waals surface area contributed by atoms with E-state index in [-0.39, 0.29) is 24.1 Å². The van der Waals surface area contributed by atoms with Gasteiger partial charge in [-0.2, -0.15) is 0 Å². The number of nitrogens with one attached hydrogen (secondary N) is 1. The maximum absolute atomic E-state index is 12.8. The lowest BCUT2D eigenvalue weighted by molar-refractivity contribution is -0.136. The van der Waals surface area contributed by atoms with Crippen molar-refractivity contribution in [1.82, 2.24) is 15.1 Å². The van der Waals surface area contributed by atoms with Crippen molar-refractivity contribution in [2.45, 2.75) is 56.9 Å². The lowest BCUT2D eigenvalue weighted by atomic mass is 9.86. The molecule has 0 aromatic heterocycles. The predicted molar refractivity (Wildman–Crippen MR) is 95.0 cm³/mol. The molecule has 26 heavy (non-hydrogen) atoms. The van der Waals surface area contributed by atoms with Crippen molar-refractivity contribution in [3.63, 3.8) is 0 Å². The SMILES string of the molecule is CN(Cc1cccc2c1CN(C1CCC(=O)NC1=O)C2=O)C1CC(N)C1. The Balaban J connectivity index is 1.52. The number of rotatable bonds is 4. The maximum Gasteiger partial charge on any atom is 0.255 e. The van der Waals surface area contributed by atoms with Crippen LogP contribution in [0.1, 0.15) is 47.2 Å². The van der Waals surface area contributed by atoms with Gasteiger partial charge in [-0.1, -0.05) is 12.1 Å². The van der Waals surface area contributed by atoms with Crippen LogP contribution in [0.5, 0.6) is 0 Å². The summed E-state index contributed by atoms with van der Waals surface area (Å²) in [6, 6.07) is 6.00. The van der Waals surface area contributed by atoms with Gasteiger partial charge in [0.05, 0.1) is 0 Å². The third kappa shape index (κ3) is 2.91. The fraction of sp³-hybridized carbons (Fsp3) is 0.526. The number of amides is 3. The molecule has 1 aromatic carbocycles. The van der Waals surface area contributed by atoms with Crippen LogP contribution in [0.2, 0.25) is 0 Å². The van der Waals surface area contributed by atoms with Gasteiger partial charge in [-0.3, -0.25) is 24.6 Å². The minimum Gasteiger partial charge on any atom is -0.328 e. The normalized spacial score (nSPS) is 28.2. The number of nitrogens with zero attached hydrogens (tertiary/aromatic N) is 2. The van der Waals surface area contributed by atoms with Crippen molar-refractivity contribution in [2.75, 3.05) is 7.05 Å². The van der Waals surface area contributed by atoms with E-state index in [2.05, 4.69) is 23.3 Å². The molecular weight excluding hydrogens is 332 g/mol. The molecule has 1 aliphatic carbocycles. The summed E-state index contributed by atoms with van der Waals surface area (Å²) in [7, 11) is 2.09. The van der Waals surface area contributed by atoms with Crippen molar-refractivity contribution in [1.29, 1.82) is 0 Å². The number of hydrogen-bond donors (Lipinski definition) is 2. The summed E-state index contributed by atoms with van der Waals surface area (Å²) in [6.07, 6.45) is 2.67. The first kappa shape index (κ1) is 17.2. The average molecular weight is 356 g/mol. The van der Waals surface area contributed by atoms with Crippen molar-refractivity contribution >= 4 is 17.7 Å². The van der Waals surface area contributed by atoms with Crippen LogP contribution in [0, 0.1) is 0 Å². The molecule has 0 radical (unpaired) electrons. The standard InChI is InChI=1S/C19H24N4O3/c1-22(13-7-12(20)8-13)9-11-3-2-4-14-15(11)10-23(19(14)26)16-5-6-17(24)21-18(16)25/h2-4,12-13,16H,5-10,20H2,1H3,(H,21,24,25). The number of nitrogens with two attached hydrogens (primary N) is 1. The summed E-state index contributed by atoms with van der Waals surface area (Å²) in [5, 5.41) is 2.34. The van der Waals surface area contributed by atoms with Crippen LogP contribution < -0.4 is 11.1 Å². The Morgan fingerprint density at radius 2 is 2.04 bits per heavy atom. The van der Waals surface area contributed by atoms with Crippen molar-refractivity contribution in [3.05, 3.63) is 34.9 Å². The topological polar surface area (TPSA) is 95.7 Å². The van der Waals surface area contributed by atoms with Crippen LogP contribution >= 0.6 is 0 Å². The van der Waals surface area contributed by atoms with E-state index in [1.165, 1.54) is 0 Å². The van der Waals surface area contributed by atoms with Gasteiger partial charge in [0.1, 0.15) is 6.04 Å². The lowest BCUT2D eigenvalue weighted by Gasteiger charge is -2.39. The summed E-state index contributed by atoms with van der Waals surface area (Å²) >= 11 is 0. The summed E-state index contributed by atoms with van der Waals surface area (Å²) in [6.45, 7) is 1.19. The minimum atomic E-state index is -0.567. The highest BCUT2D eigenvalue weighted by Gasteiger charge is 2.40. The summed E-state index contributed by atoms with van der Waals surface area (Å²) in [5.41, 5.74) is 8.68. The van der Waals surface area contributed by atoms with Crippen molar-refractivity contribution in [3.8, 4) is 0 Å². The Bertz CT molecular complexity index is 772. The fourth-order valence-electron chi connectivity index (χ4n) is 4.19. The molecule has 7 heteroatoms. The molecule has 2 aliphatic heterocycles. The Hall–Kier alpha value is -2.25. The molecule has 138 valence electrons. The number of imide groups is 1. The van der Waals surface area contributed by atoms with Gasteiger partial charge in [-0.25, -0.2) is 0 Å². The Labute approximate surface area is 152 Å². The van der Waals surface area contributed by atoms with E-state index in [1.54, 1.807) is 4.90 Å². The molecule has 0 bridgehead atoms. The summed E-state index contributed by atoms with van der Waals surface area (Å²) in [4.78, 5) is 40.3. The van der Waals surface area contributed by atoms with Gasteiger partial charge < -0.3 is 10.6 Å². The largest absolute Gasteiger partial charge is 0.328 e. The van der Waals surface area contributed by atoms with Crippen LogP contribution in [-0.4, -0.2) is 52.7 Å². The molecular formula is C19H24N4O3. The Morgan fingerprint density at radius 3 is 2.73 bits per heavy atom. The lowest BCUT2D eigenvalue weighted by Crippen LogP contribution is -2.52. The highest BCUT2D eigenvalue weighted by molar-refractivity contribution is 6.05.